The summed E-state index contributed by atoms with van der Waals surface area (Å²) in [5.41, 5.74) is 3.67. The van der Waals surface area contributed by atoms with Crippen LogP contribution in [-0.4, -0.2) is 21.9 Å². The van der Waals surface area contributed by atoms with Gasteiger partial charge < -0.3 is 10.2 Å². The van der Waals surface area contributed by atoms with Crippen LogP contribution in [0.2, 0.25) is 0 Å². The molecule has 30 heavy (non-hydrogen) atoms. The van der Waals surface area contributed by atoms with Crippen molar-refractivity contribution >= 4 is 0 Å². The molecule has 2 nitrogen and oxygen atoms in total. The van der Waals surface area contributed by atoms with Crippen LogP contribution in [0.1, 0.15) is 86.0 Å². The summed E-state index contributed by atoms with van der Waals surface area (Å²) in [6, 6.07) is 0. The first kappa shape index (κ1) is 23.5. The first-order valence-electron chi connectivity index (χ1n) is 12.2. The molecule has 168 valence electrons. The molecule has 0 aromatic heterocycles. The van der Waals surface area contributed by atoms with E-state index in [4.69, 9.17) is 0 Å². The summed E-state index contributed by atoms with van der Waals surface area (Å²) in [7, 11) is 0. The predicted octanol–water partition coefficient (Wildman–Crippen LogP) is 6.76. The van der Waals surface area contributed by atoms with E-state index in [1.165, 1.54) is 43.3 Å². The molecule has 2 heteroatoms. The first-order chi connectivity index (χ1) is 14.0. The lowest BCUT2D eigenvalue weighted by Crippen LogP contribution is -2.36. The number of aliphatic hydroxyl groups is 2. The Morgan fingerprint density at radius 1 is 1.13 bits per heavy atom. The zero-order valence-corrected chi connectivity index (χ0v) is 20.0. The molecule has 0 aromatic rings. The van der Waals surface area contributed by atoms with Crippen LogP contribution in [-0.2, 0) is 0 Å². The molecule has 0 aromatic carbocycles. The Morgan fingerprint density at radius 3 is 2.57 bits per heavy atom. The Labute approximate surface area is 184 Å². The summed E-state index contributed by atoms with van der Waals surface area (Å²) < 4.78 is 0. The standard InChI is InChI=1S/C28H44O2/c1-19(2)28(6,30)17-15-21(4)25-13-14-26-22(8-7-16-27(25,26)5)10-11-23-18-24(29)12-9-20(23)3/h10-11,15,17,19,21,24-26,29-30H,3,7-9,12-14,16,18H2,1-2,4-6H3/b17-15+,22-10-,23-11-/t21?,24-,25?,26?,27+,28+/m0/s1. The third kappa shape index (κ3) is 4.86. The highest BCUT2D eigenvalue weighted by atomic mass is 16.3. The van der Waals surface area contributed by atoms with Crippen molar-refractivity contribution in [1.29, 1.82) is 0 Å². The van der Waals surface area contributed by atoms with E-state index in [0.717, 1.165) is 19.3 Å². The van der Waals surface area contributed by atoms with Crippen LogP contribution < -0.4 is 0 Å². The molecule has 3 fully saturated rings. The Hall–Kier alpha value is -1.12. The van der Waals surface area contributed by atoms with Crippen LogP contribution in [0, 0.1) is 29.1 Å². The molecule has 3 saturated carbocycles. The summed E-state index contributed by atoms with van der Waals surface area (Å²) in [5.74, 6) is 2.04. The van der Waals surface area contributed by atoms with E-state index in [-0.39, 0.29) is 12.0 Å². The van der Waals surface area contributed by atoms with Crippen LogP contribution in [0.15, 0.2) is 47.6 Å². The second-order valence-corrected chi connectivity index (χ2v) is 11.1. The highest BCUT2D eigenvalue weighted by Gasteiger charge is 2.50. The molecular weight excluding hydrogens is 368 g/mol. The molecule has 0 bridgehead atoms. The van der Waals surface area contributed by atoms with Gasteiger partial charge in [0.25, 0.3) is 0 Å². The molecule has 0 heterocycles. The molecule has 0 spiro atoms. The first-order valence-corrected chi connectivity index (χ1v) is 12.2. The zero-order valence-electron chi connectivity index (χ0n) is 20.0. The van der Waals surface area contributed by atoms with E-state index in [1.54, 1.807) is 5.57 Å². The van der Waals surface area contributed by atoms with E-state index in [2.05, 4.69) is 52.5 Å². The van der Waals surface area contributed by atoms with E-state index >= 15 is 0 Å². The normalized spacial score (nSPS) is 38.4. The van der Waals surface area contributed by atoms with Crippen LogP contribution in [0.3, 0.4) is 0 Å². The number of hydrogen-bond donors (Lipinski definition) is 2. The summed E-state index contributed by atoms with van der Waals surface area (Å²) in [5, 5.41) is 20.7. The maximum Gasteiger partial charge on any atom is 0.0822 e. The van der Waals surface area contributed by atoms with Crippen molar-refractivity contribution in [1.82, 2.24) is 0 Å². The van der Waals surface area contributed by atoms with Gasteiger partial charge in [0.05, 0.1) is 11.7 Å². The molecule has 0 saturated heterocycles. The Bertz CT molecular complexity index is 723. The minimum atomic E-state index is -0.732. The molecule has 2 N–H and O–H groups in total. The van der Waals surface area contributed by atoms with Crippen molar-refractivity contribution < 1.29 is 10.2 Å². The van der Waals surface area contributed by atoms with Gasteiger partial charge in [-0.15, -0.1) is 0 Å². The Morgan fingerprint density at radius 2 is 1.87 bits per heavy atom. The number of aliphatic hydroxyl groups excluding tert-OH is 1. The lowest BCUT2D eigenvalue weighted by Gasteiger charge is -2.44. The largest absolute Gasteiger partial charge is 0.393 e. The number of rotatable bonds is 5. The lowest BCUT2D eigenvalue weighted by atomic mass is 9.61. The second kappa shape index (κ2) is 9.17. The third-order valence-corrected chi connectivity index (χ3v) is 8.77. The molecule has 6 atom stereocenters. The monoisotopic (exact) mass is 412 g/mol. The molecule has 3 unspecified atom stereocenters. The average Bonchev–Trinajstić information content (AvgIpc) is 3.04. The lowest BCUT2D eigenvalue weighted by molar-refractivity contribution is 0.0607. The van der Waals surface area contributed by atoms with E-state index in [1.807, 2.05) is 13.0 Å². The van der Waals surface area contributed by atoms with Crippen molar-refractivity contribution in [3.63, 3.8) is 0 Å². The molecule has 3 aliphatic rings. The van der Waals surface area contributed by atoms with Crippen LogP contribution in [0.5, 0.6) is 0 Å². The van der Waals surface area contributed by atoms with E-state index < -0.39 is 5.60 Å². The minimum absolute atomic E-state index is 0.205. The SMILES string of the molecule is C=C1CC[C@H](O)C/C1=C/C=C1/CCC[C@@]2(C)C1CCC2C(C)/C=C/[C@@](C)(O)C(C)C. The molecule has 0 radical (unpaired) electrons. The maximum absolute atomic E-state index is 10.6. The number of allylic oxidation sites excluding steroid dienone is 5. The van der Waals surface area contributed by atoms with Crippen molar-refractivity contribution in [3.8, 4) is 0 Å². The third-order valence-electron chi connectivity index (χ3n) is 8.77. The molecule has 0 aliphatic heterocycles. The highest BCUT2D eigenvalue weighted by Crippen LogP contribution is 2.59. The van der Waals surface area contributed by atoms with Gasteiger partial charge >= 0.3 is 0 Å². The fraction of sp³-hybridized carbons (Fsp3) is 0.714. The quantitative estimate of drug-likeness (QED) is 0.490. The van der Waals surface area contributed by atoms with Gasteiger partial charge in [-0.25, -0.2) is 0 Å². The maximum atomic E-state index is 10.6. The minimum Gasteiger partial charge on any atom is -0.393 e. The smallest absolute Gasteiger partial charge is 0.0822 e. The second-order valence-electron chi connectivity index (χ2n) is 11.1. The van der Waals surface area contributed by atoms with Gasteiger partial charge in [0.2, 0.25) is 0 Å². The van der Waals surface area contributed by atoms with Gasteiger partial charge in [-0.2, -0.15) is 0 Å². The van der Waals surface area contributed by atoms with Gasteiger partial charge in [0, 0.05) is 0 Å². The van der Waals surface area contributed by atoms with Crippen molar-refractivity contribution in [3.05, 3.63) is 47.6 Å². The van der Waals surface area contributed by atoms with Crippen molar-refractivity contribution in [2.24, 2.45) is 29.1 Å². The van der Waals surface area contributed by atoms with Crippen LogP contribution in [0.4, 0.5) is 0 Å². The van der Waals surface area contributed by atoms with Crippen LogP contribution >= 0.6 is 0 Å². The summed E-state index contributed by atoms with van der Waals surface area (Å²) in [6.45, 7) is 15.2. The van der Waals surface area contributed by atoms with Gasteiger partial charge in [-0.05, 0) is 93.0 Å². The fourth-order valence-corrected chi connectivity index (χ4v) is 6.21. The zero-order chi connectivity index (χ0) is 22.1. The van der Waals surface area contributed by atoms with Gasteiger partial charge in [-0.1, -0.05) is 69.7 Å². The summed E-state index contributed by atoms with van der Waals surface area (Å²) in [4.78, 5) is 0. The van der Waals surface area contributed by atoms with E-state index in [0.29, 0.717) is 23.2 Å². The molecular formula is C28H44O2. The van der Waals surface area contributed by atoms with Gasteiger partial charge in [-0.3, -0.25) is 0 Å². The summed E-state index contributed by atoms with van der Waals surface area (Å²) >= 11 is 0. The van der Waals surface area contributed by atoms with Gasteiger partial charge in [0.15, 0.2) is 0 Å². The highest BCUT2D eigenvalue weighted by molar-refractivity contribution is 5.36. The fourth-order valence-electron chi connectivity index (χ4n) is 6.21. The predicted molar refractivity (Wildman–Crippen MR) is 127 cm³/mol. The Balaban J connectivity index is 1.76. The van der Waals surface area contributed by atoms with Crippen LogP contribution in [0.25, 0.3) is 0 Å². The molecule has 0 amide bonds. The Kier molecular flexibility index (Phi) is 7.19. The van der Waals surface area contributed by atoms with E-state index in [9.17, 15) is 10.2 Å². The number of hydrogen-bond acceptors (Lipinski definition) is 2. The summed E-state index contributed by atoms with van der Waals surface area (Å²) in [6.07, 6.45) is 17.6. The molecule has 3 rings (SSSR count). The van der Waals surface area contributed by atoms with Crippen molar-refractivity contribution in [2.45, 2.75) is 97.7 Å². The molecule has 3 aliphatic carbocycles. The van der Waals surface area contributed by atoms with Crippen molar-refractivity contribution in [2.75, 3.05) is 0 Å². The topological polar surface area (TPSA) is 40.5 Å². The average molecular weight is 413 g/mol. The van der Waals surface area contributed by atoms with Gasteiger partial charge in [0.1, 0.15) is 0 Å². The number of fused-ring (bicyclic) bond motifs is 1.